The quantitative estimate of drug-likeness (QED) is 0.597. The lowest BCUT2D eigenvalue weighted by Gasteiger charge is -2.22. The fourth-order valence-electron chi connectivity index (χ4n) is 3.74. The zero-order valence-electron chi connectivity index (χ0n) is 11.5. The fraction of sp³-hybridized carbons (Fsp3) is 0.353. The number of cyclic esters (lactones) is 1. The third-order valence-electron chi connectivity index (χ3n) is 4.74. The topological polar surface area (TPSA) is 26.3 Å². The zero-order valence-corrected chi connectivity index (χ0v) is 13.1. The van der Waals surface area contributed by atoms with Gasteiger partial charge in [0.25, 0.3) is 0 Å². The summed E-state index contributed by atoms with van der Waals surface area (Å²) in [6.45, 7) is 4.63. The van der Waals surface area contributed by atoms with E-state index in [0.29, 0.717) is 6.61 Å². The Bertz CT molecular complexity index is 763. The van der Waals surface area contributed by atoms with Crippen LogP contribution in [0.25, 0.3) is 10.1 Å². The third-order valence-corrected chi connectivity index (χ3v) is 6.35. The molecule has 21 heavy (non-hydrogen) atoms. The van der Waals surface area contributed by atoms with Crippen LogP contribution in [0.2, 0.25) is 5.02 Å². The van der Waals surface area contributed by atoms with E-state index in [9.17, 15) is 4.79 Å². The monoisotopic (exact) mass is 318 g/mol. The highest BCUT2D eigenvalue weighted by atomic mass is 35.5. The standard InChI is InChI=1S/C17H15ClO2S/c1-10-5-12-9-20-16(19)17(12,7-10)8-13-6-11-3-2-4-14(18)15(11)21-13/h2-4,6,12H,1,5,7-9H2. The Kier molecular flexibility index (Phi) is 2.92. The van der Waals surface area contributed by atoms with E-state index < -0.39 is 0 Å². The van der Waals surface area contributed by atoms with Crippen molar-refractivity contribution in [1.82, 2.24) is 0 Å². The van der Waals surface area contributed by atoms with Crippen molar-refractivity contribution < 1.29 is 9.53 Å². The van der Waals surface area contributed by atoms with E-state index in [0.717, 1.165) is 34.4 Å². The van der Waals surface area contributed by atoms with Gasteiger partial charge in [-0.3, -0.25) is 4.79 Å². The molecule has 4 rings (SSSR count). The predicted octanol–water partition coefficient (Wildman–Crippen LogP) is 4.61. The summed E-state index contributed by atoms with van der Waals surface area (Å²) in [6.07, 6.45) is 2.42. The van der Waals surface area contributed by atoms with E-state index >= 15 is 0 Å². The van der Waals surface area contributed by atoms with Crippen LogP contribution in [0.3, 0.4) is 0 Å². The number of halogens is 1. The Morgan fingerprint density at radius 1 is 1.48 bits per heavy atom. The van der Waals surface area contributed by atoms with Gasteiger partial charge in [-0.05, 0) is 36.8 Å². The number of thiophene rings is 1. The summed E-state index contributed by atoms with van der Waals surface area (Å²) >= 11 is 7.94. The maximum atomic E-state index is 12.3. The lowest BCUT2D eigenvalue weighted by atomic mass is 9.77. The van der Waals surface area contributed by atoms with Gasteiger partial charge in [0.2, 0.25) is 0 Å². The van der Waals surface area contributed by atoms with Gasteiger partial charge in [-0.15, -0.1) is 11.3 Å². The van der Waals surface area contributed by atoms with Crippen molar-refractivity contribution >= 4 is 39.0 Å². The molecule has 2 aromatic rings. The summed E-state index contributed by atoms with van der Waals surface area (Å²) in [5.41, 5.74) is 0.792. The first-order valence-corrected chi connectivity index (χ1v) is 8.29. The summed E-state index contributed by atoms with van der Waals surface area (Å²) in [7, 11) is 0. The van der Waals surface area contributed by atoms with Crippen molar-refractivity contribution in [1.29, 1.82) is 0 Å². The van der Waals surface area contributed by atoms with Crippen molar-refractivity contribution in [2.75, 3.05) is 6.61 Å². The molecule has 1 aliphatic carbocycles. The number of benzene rings is 1. The molecule has 0 amide bonds. The van der Waals surface area contributed by atoms with Crippen molar-refractivity contribution in [2.45, 2.75) is 19.3 Å². The average Bonchev–Trinajstić information content (AvgIpc) is 3.06. The van der Waals surface area contributed by atoms with Gasteiger partial charge in [0.15, 0.2) is 0 Å². The Morgan fingerprint density at radius 2 is 2.33 bits per heavy atom. The fourth-order valence-corrected chi connectivity index (χ4v) is 5.23. The lowest BCUT2D eigenvalue weighted by Crippen LogP contribution is -2.31. The van der Waals surface area contributed by atoms with E-state index in [-0.39, 0.29) is 17.3 Å². The smallest absolute Gasteiger partial charge is 0.313 e. The van der Waals surface area contributed by atoms with Crippen LogP contribution in [-0.4, -0.2) is 12.6 Å². The molecule has 2 fully saturated rings. The number of ether oxygens (including phenoxy) is 1. The molecule has 0 N–H and O–H groups in total. The maximum Gasteiger partial charge on any atom is 0.313 e. The van der Waals surface area contributed by atoms with E-state index in [4.69, 9.17) is 16.3 Å². The second kappa shape index (κ2) is 4.59. The summed E-state index contributed by atoms with van der Waals surface area (Å²) < 4.78 is 6.44. The lowest BCUT2D eigenvalue weighted by molar-refractivity contribution is -0.146. The minimum atomic E-state index is -0.384. The molecule has 2 atom stereocenters. The predicted molar refractivity (Wildman–Crippen MR) is 85.8 cm³/mol. The Balaban J connectivity index is 1.75. The van der Waals surface area contributed by atoms with Crippen LogP contribution in [0, 0.1) is 11.3 Å². The molecule has 2 heterocycles. The molecule has 2 aliphatic rings. The highest BCUT2D eigenvalue weighted by Crippen LogP contribution is 2.53. The van der Waals surface area contributed by atoms with E-state index in [1.807, 2.05) is 12.1 Å². The van der Waals surface area contributed by atoms with Crippen LogP contribution in [0.15, 0.2) is 36.4 Å². The van der Waals surface area contributed by atoms with Gasteiger partial charge < -0.3 is 4.74 Å². The molecular formula is C17H15ClO2S. The molecule has 1 saturated heterocycles. The van der Waals surface area contributed by atoms with Gasteiger partial charge in [-0.1, -0.05) is 35.9 Å². The van der Waals surface area contributed by atoms with Crippen molar-refractivity contribution in [3.63, 3.8) is 0 Å². The molecule has 2 unspecified atom stereocenters. The molecule has 2 nitrogen and oxygen atoms in total. The Hall–Kier alpha value is -1.32. The molecule has 1 saturated carbocycles. The molecule has 108 valence electrons. The number of carbonyl (C=O) groups excluding carboxylic acids is 1. The highest BCUT2D eigenvalue weighted by molar-refractivity contribution is 7.19. The summed E-state index contributed by atoms with van der Waals surface area (Å²) in [5, 5.41) is 1.93. The number of hydrogen-bond acceptors (Lipinski definition) is 3. The van der Waals surface area contributed by atoms with Crippen LogP contribution in [0.5, 0.6) is 0 Å². The third kappa shape index (κ3) is 1.95. The minimum Gasteiger partial charge on any atom is -0.465 e. The van der Waals surface area contributed by atoms with Crippen LogP contribution >= 0.6 is 22.9 Å². The highest BCUT2D eigenvalue weighted by Gasteiger charge is 2.56. The van der Waals surface area contributed by atoms with Gasteiger partial charge in [0.05, 0.1) is 21.7 Å². The maximum absolute atomic E-state index is 12.3. The number of rotatable bonds is 2. The van der Waals surface area contributed by atoms with Crippen LogP contribution in [0.4, 0.5) is 0 Å². The van der Waals surface area contributed by atoms with E-state index in [1.165, 1.54) is 10.5 Å². The van der Waals surface area contributed by atoms with E-state index in [2.05, 4.69) is 18.7 Å². The van der Waals surface area contributed by atoms with Gasteiger partial charge in [0, 0.05) is 10.8 Å². The number of fused-ring (bicyclic) bond motifs is 2. The SMILES string of the molecule is C=C1CC2COC(=O)C2(Cc2cc3cccc(Cl)c3s2)C1. The summed E-state index contributed by atoms with van der Waals surface area (Å²) in [5.74, 6) is 0.243. The zero-order chi connectivity index (χ0) is 14.6. The Labute approximate surface area is 132 Å². The van der Waals surface area contributed by atoms with Crippen molar-refractivity contribution in [2.24, 2.45) is 11.3 Å². The second-order valence-corrected chi connectivity index (χ2v) is 7.67. The number of esters is 1. The van der Waals surface area contributed by atoms with E-state index in [1.54, 1.807) is 11.3 Å². The van der Waals surface area contributed by atoms with Crippen molar-refractivity contribution in [3.8, 4) is 0 Å². The minimum absolute atomic E-state index is 0.0466. The van der Waals surface area contributed by atoms with Crippen LogP contribution in [0.1, 0.15) is 17.7 Å². The molecule has 1 aromatic carbocycles. The van der Waals surface area contributed by atoms with Gasteiger partial charge in [-0.2, -0.15) is 0 Å². The van der Waals surface area contributed by atoms with Crippen LogP contribution in [-0.2, 0) is 16.0 Å². The molecular weight excluding hydrogens is 304 g/mol. The molecule has 0 radical (unpaired) electrons. The second-order valence-electron chi connectivity index (χ2n) is 6.13. The van der Waals surface area contributed by atoms with Gasteiger partial charge in [0.1, 0.15) is 0 Å². The average molecular weight is 319 g/mol. The summed E-state index contributed by atoms with van der Waals surface area (Å²) in [6, 6.07) is 8.09. The Morgan fingerprint density at radius 3 is 3.14 bits per heavy atom. The molecule has 1 aliphatic heterocycles. The molecule has 4 heteroatoms. The normalized spacial score (nSPS) is 28.1. The first kappa shape index (κ1) is 13.4. The van der Waals surface area contributed by atoms with Gasteiger partial charge in [-0.25, -0.2) is 0 Å². The number of hydrogen-bond donors (Lipinski definition) is 0. The first-order valence-electron chi connectivity index (χ1n) is 7.09. The van der Waals surface area contributed by atoms with Gasteiger partial charge >= 0.3 is 5.97 Å². The molecule has 0 spiro atoms. The molecule has 1 aromatic heterocycles. The van der Waals surface area contributed by atoms with Crippen molar-refractivity contribution in [3.05, 3.63) is 46.3 Å². The number of carbonyl (C=O) groups is 1. The largest absolute Gasteiger partial charge is 0.465 e. The first-order chi connectivity index (χ1) is 10.1. The molecule has 0 bridgehead atoms. The van der Waals surface area contributed by atoms with Crippen LogP contribution < -0.4 is 0 Å². The summed E-state index contributed by atoms with van der Waals surface area (Å²) in [4.78, 5) is 13.5. The number of allylic oxidation sites excluding steroid dienone is 1.